The number of aromatic nitrogens is 1. The van der Waals surface area contributed by atoms with Crippen molar-refractivity contribution in [1.82, 2.24) is 4.57 Å². The van der Waals surface area contributed by atoms with E-state index >= 15 is 0 Å². The molecule has 1 saturated heterocycles. The molecule has 1 aliphatic rings. The highest BCUT2D eigenvalue weighted by atomic mass is 16.5. The van der Waals surface area contributed by atoms with E-state index in [1.54, 1.807) is 0 Å². The van der Waals surface area contributed by atoms with Gasteiger partial charge in [-0.2, -0.15) is 0 Å². The molecule has 1 aliphatic heterocycles. The van der Waals surface area contributed by atoms with E-state index in [0.717, 1.165) is 26.3 Å². The Bertz CT molecular complexity index is 473. The summed E-state index contributed by atoms with van der Waals surface area (Å²) in [5, 5.41) is 0. The first-order valence-corrected chi connectivity index (χ1v) is 6.00. The highest BCUT2D eigenvalue weighted by molar-refractivity contribution is 5.63. The summed E-state index contributed by atoms with van der Waals surface area (Å²) >= 11 is 0. The second kappa shape index (κ2) is 4.63. The number of benzene rings is 1. The molecule has 2 heterocycles. The molecule has 1 aromatic carbocycles. The first-order chi connectivity index (χ1) is 8.45. The molecule has 0 amide bonds. The summed E-state index contributed by atoms with van der Waals surface area (Å²) in [7, 11) is 0. The lowest BCUT2D eigenvalue weighted by Crippen LogP contribution is -2.36. The third kappa shape index (κ3) is 2.06. The van der Waals surface area contributed by atoms with Crippen LogP contribution in [-0.2, 0) is 4.74 Å². The van der Waals surface area contributed by atoms with Crippen LogP contribution >= 0.6 is 0 Å². The van der Waals surface area contributed by atoms with Gasteiger partial charge in [0.1, 0.15) is 0 Å². The second-order valence-electron chi connectivity index (χ2n) is 4.18. The van der Waals surface area contributed by atoms with Gasteiger partial charge in [0, 0.05) is 25.5 Å². The Balaban J connectivity index is 1.98. The zero-order valence-electron chi connectivity index (χ0n) is 9.75. The quantitative estimate of drug-likeness (QED) is 0.784. The van der Waals surface area contributed by atoms with Crippen molar-refractivity contribution in [1.29, 1.82) is 0 Å². The van der Waals surface area contributed by atoms with E-state index in [9.17, 15) is 0 Å². The average Bonchev–Trinajstić information content (AvgIpc) is 2.94. The first-order valence-electron chi connectivity index (χ1n) is 6.00. The topological polar surface area (TPSA) is 17.4 Å². The minimum Gasteiger partial charge on any atom is -0.378 e. The molecule has 0 saturated carbocycles. The largest absolute Gasteiger partial charge is 0.378 e. The van der Waals surface area contributed by atoms with Crippen LogP contribution in [0.4, 0.5) is 5.69 Å². The monoisotopic (exact) mass is 228 g/mol. The van der Waals surface area contributed by atoms with Gasteiger partial charge in [0.2, 0.25) is 0 Å². The van der Waals surface area contributed by atoms with Gasteiger partial charge < -0.3 is 14.2 Å². The lowest BCUT2D eigenvalue weighted by molar-refractivity contribution is 0.122. The molecule has 88 valence electrons. The average molecular weight is 228 g/mol. The molecule has 3 rings (SSSR count). The second-order valence-corrected chi connectivity index (χ2v) is 4.18. The lowest BCUT2D eigenvalue weighted by Gasteiger charge is -2.30. The minimum atomic E-state index is 0.819. The van der Waals surface area contributed by atoms with Crippen molar-refractivity contribution in [3.63, 3.8) is 0 Å². The van der Waals surface area contributed by atoms with Crippen LogP contribution in [0.2, 0.25) is 0 Å². The van der Waals surface area contributed by atoms with E-state index in [-0.39, 0.29) is 0 Å². The van der Waals surface area contributed by atoms with Gasteiger partial charge in [-0.3, -0.25) is 0 Å². The normalized spacial score (nSPS) is 16.1. The van der Waals surface area contributed by atoms with Gasteiger partial charge in [0.05, 0.1) is 24.6 Å². The standard InChI is InChI=1S/C14H16N2O/c1-2-6-14(16-9-11-17-12-10-16)13(5-1)15-7-3-4-8-15/h1-8H,9-12H2. The Morgan fingerprint density at radius 2 is 1.47 bits per heavy atom. The van der Waals surface area contributed by atoms with Gasteiger partial charge in [0.15, 0.2) is 0 Å². The van der Waals surface area contributed by atoms with Crippen molar-refractivity contribution in [3.8, 4) is 5.69 Å². The Morgan fingerprint density at radius 1 is 0.824 bits per heavy atom. The van der Waals surface area contributed by atoms with E-state index < -0.39 is 0 Å². The van der Waals surface area contributed by atoms with E-state index in [2.05, 4.69) is 58.3 Å². The molecule has 17 heavy (non-hydrogen) atoms. The van der Waals surface area contributed by atoms with Gasteiger partial charge in [-0.1, -0.05) is 12.1 Å². The fourth-order valence-corrected chi connectivity index (χ4v) is 2.25. The Kier molecular flexibility index (Phi) is 2.84. The van der Waals surface area contributed by atoms with Gasteiger partial charge in [0.25, 0.3) is 0 Å². The number of hydrogen-bond acceptors (Lipinski definition) is 2. The maximum atomic E-state index is 5.40. The summed E-state index contributed by atoms with van der Waals surface area (Å²) in [5.41, 5.74) is 2.52. The van der Waals surface area contributed by atoms with Crippen LogP contribution in [0.25, 0.3) is 5.69 Å². The highest BCUT2D eigenvalue weighted by Gasteiger charge is 2.14. The highest BCUT2D eigenvalue weighted by Crippen LogP contribution is 2.24. The molecule has 2 aromatic rings. The number of rotatable bonds is 2. The molecule has 0 atom stereocenters. The molecule has 3 nitrogen and oxygen atoms in total. The molecule has 1 aromatic heterocycles. The van der Waals surface area contributed by atoms with Crippen LogP contribution in [0, 0.1) is 0 Å². The van der Waals surface area contributed by atoms with Crippen molar-refractivity contribution in [2.45, 2.75) is 0 Å². The molecule has 0 unspecified atom stereocenters. The van der Waals surface area contributed by atoms with Crippen LogP contribution in [0.5, 0.6) is 0 Å². The SMILES string of the molecule is c1ccc(-n2cccc2)c(N2CCOCC2)c1. The summed E-state index contributed by atoms with van der Waals surface area (Å²) in [6, 6.07) is 12.6. The van der Waals surface area contributed by atoms with Crippen molar-refractivity contribution >= 4 is 5.69 Å². The van der Waals surface area contributed by atoms with E-state index in [1.807, 2.05) is 0 Å². The maximum absolute atomic E-state index is 5.40. The van der Waals surface area contributed by atoms with Crippen LogP contribution in [0.3, 0.4) is 0 Å². The van der Waals surface area contributed by atoms with Gasteiger partial charge in [-0.25, -0.2) is 0 Å². The molecule has 0 N–H and O–H groups in total. The van der Waals surface area contributed by atoms with E-state index in [0.29, 0.717) is 0 Å². The predicted octanol–water partition coefficient (Wildman–Crippen LogP) is 2.31. The predicted molar refractivity (Wildman–Crippen MR) is 68.8 cm³/mol. The molecule has 0 spiro atoms. The number of ether oxygens (including phenoxy) is 1. The molecule has 0 radical (unpaired) electrons. The third-order valence-electron chi connectivity index (χ3n) is 3.12. The number of morpholine rings is 1. The third-order valence-corrected chi connectivity index (χ3v) is 3.12. The Hall–Kier alpha value is -1.74. The zero-order valence-corrected chi connectivity index (χ0v) is 9.75. The van der Waals surface area contributed by atoms with Gasteiger partial charge in [-0.15, -0.1) is 0 Å². The Morgan fingerprint density at radius 3 is 2.18 bits per heavy atom. The number of anilines is 1. The lowest BCUT2D eigenvalue weighted by atomic mass is 10.2. The molecule has 3 heteroatoms. The van der Waals surface area contributed by atoms with Gasteiger partial charge in [-0.05, 0) is 24.3 Å². The van der Waals surface area contributed by atoms with Crippen molar-refractivity contribution in [3.05, 3.63) is 48.8 Å². The Labute approximate surface area is 101 Å². The van der Waals surface area contributed by atoms with Crippen molar-refractivity contribution < 1.29 is 4.74 Å². The van der Waals surface area contributed by atoms with Crippen LogP contribution in [0.15, 0.2) is 48.8 Å². The van der Waals surface area contributed by atoms with Crippen molar-refractivity contribution in [2.24, 2.45) is 0 Å². The van der Waals surface area contributed by atoms with E-state index in [1.165, 1.54) is 11.4 Å². The summed E-state index contributed by atoms with van der Waals surface area (Å²) in [6.07, 6.45) is 4.17. The molecule has 1 fully saturated rings. The van der Waals surface area contributed by atoms with Crippen LogP contribution in [-0.4, -0.2) is 30.9 Å². The molecular formula is C14H16N2O. The number of nitrogens with zero attached hydrogens (tertiary/aromatic N) is 2. The maximum Gasteiger partial charge on any atom is 0.0684 e. The van der Waals surface area contributed by atoms with Gasteiger partial charge >= 0.3 is 0 Å². The molecule has 0 aliphatic carbocycles. The zero-order chi connectivity index (χ0) is 11.5. The smallest absolute Gasteiger partial charge is 0.0684 e. The number of hydrogen-bond donors (Lipinski definition) is 0. The molecular weight excluding hydrogens is 212 g/mol. The fourth-order valence-electron chi connectivity index (χ4n) is 2.25. The first kappa shape index (κ1) is 10.4. The van der Waals surface area contributed by atoms with E-state index in [4.69, 9.17) is 4.74 Å². The minimum absolute atomic E-state index is 0.819. The summed E-state index contributed by atoms with van der Waals surface area (Å²) in [6.45, 7) is 3.58. The molecule has 0 bridgehead atoms. The summed E-state index contributed by atoms with van der Waals surface area (Å²) < 4.78 is 7.56. The number of para-hydroxylation sites is 2. The van der Waals surface area contributed by atoms with Crippen LogP contribution in [0.1, 0.15) is 0 Å². The van der Waals surface area contributed by atoms with Crippen molar-refractivity contribution in [2.75, 3.05) is 31.2 Å². The summed E-state index contributed by atoms with van der Waals surface area (Å²) in [4.78, 5) is 2.39. The summed E-state index contributed by atoms with van der Waals surface area (Å²) in [5.74, 6) is 0. The van der Waals surface area contributed by atoms with Crippen LogP contribution < -0.4 is 4.90 Å². The fraction of sp³-hybridized carbons (Fsp3) is 0.286.